The Bertz CT molecular complexity index is 246. The summed E-state index contributed by atoms with van der Waals surface area (Å²) in [6.45, 7) is 2.07. The fourth-order valence-corrected chi connectivity index (χ4v) is 1.44. The van der Waals surface area contributed by atoms with Crippen LogP contribution >= 0.6 is 0 Å². The van der Waals surface area contributed by atoms with Crippen LogP contribution < -0.4 is 0 Å². The Morgan fingerprint density at radius 2 is 1.79 bits per heavy atom. The van der Waals surface area contributed by atoms with Crippen molar-refractivity contribution in [1.82, 2.24) is 0 Å². The quantitative estimate of drug-likeness (QED) is 0.755. The number of aliphatic hydroxyl groups excluding tert-OH is 2. The van der Waals surface area contributed by atoms with E-state index < -0.39 is 12.2 Å². The van der Waals surface area contributed by atoms with Gasteiger partial charge in [0.05, 0.1) is 6.10 Å². The molecule has 1 rings (SSSR count). The minimum atomic E-state index is -0.747. The summed E-state index contributed by atoms with van der Waals surface area (Å²) in [6.07, 6.45) is 1.26. The monoisotopic (exact) mass is 194 g/mol. The zero-order valence-corrected chi connectivity index (χ0v) is 8.56. The van der Waals surface area contributed by atoms with Crippen LogP contribution in [0.15, 0.2) is 30.3 Å². The molecule has 1 aromatic rings. The number of hydrogen-bond donors (Lipinski definition) is 2. The molecule has 0 aliphatic carbocycles. The maximum atomic E-state index is 9.77. The third-order valence-corrected chi connectivity index (χ3v) is 2.36. The average Bonchev–Trinajstić information content (AvgIpc) is 2.26. The van der Waals surface area contributed by atoms with Gasteiger partial charge >= 0.3 is 0 Å². The van der Waals surface area contributed by atoms with Crippen LogP contribution in [0.1, 0.15) is 37.9 Å². The predicted molar refractivity (Wildman–Crippen MR) is 56.9 cm³/mol. The van der Waals surface area contributed by atoms with Crippen molar-refractivity contribution in [2.24, 2.45) is 0 Å². The second-order valence-corrected chi connectivity index (χ2v) is 3.57. The van der Waals surface area contributed by atoms with Crippen molar-refractivity contribution < 1.29 is 10.2 Å². The van der Waals surface area contributed by atoms with Gasteiger partial charge < -0.3 is 10.2 Å². The Kier molecular flexibility index (Phi) is 4.63. The molecule has 78 valence electrons. The van der Waals surface area contributed by atoms with E-state index in [-0.39, 0.29) is 0 Å². The van der Waals surface area contributed by atoms with E-state index in [0.29, 0.717) is 6.42 Å². The summed E-state index contributed by atoms with van der Waals surface area (Å²) in [7, 11) is 0. The van der Waals surface area contributed by atoms with E-state index in [2.05, 4.69) is 6.92 Å². The molecule has 0 saturated heterocycles. The second-order valence-electron chi connectivity index (χ2n) is 3.57. The Balaban J connectivity index is 2.52. The lowest BCUT2D eigenvalue weighted by atomic mass is 10.0. The highest BCUT2D eigenvalue weighted by Crippen LogP contribution is 2.19. The molecule has 0 heterocycles. The first-order valence-electron chi connectivity index (χ1n) is 5.16. The van der Waals surface area contributed by atoms with Crippen molar-refractivity contribution in [3.8, 4) is 0 Å². The van der Waals surface area contributed by atoms with Crippen LogP contribution in [0.5, 0.6) is 0 Å². The lowest BCUT2D eigenvalue weighted by molar-refractivity contribution is 0.0122. The standard InChI is InChI=1S/C12H18O2/c1-2-3-9-11(13)12(14)10-7-5-4-6-8-10/h4-8,11-14H,2-3,9H2,1H3. The van der Waals surface area contributed by atoms with Gasteiger partial charge in [-0.15, -0.1) is 0 Å². The minimum absolute atomic E-state index is 0.641. The summed E-state index contributed by atoms with van der Waals surface area (Å²) in [5, 5.41) is 19.4. The first-order valence-corrected chi connectivity index (χ1v) is 5.16. The van der Waals surface area contributed by atoms with Crippen molar-refractivity contribution in [2.75, 3.05) is 0 Å². The van der Waals surface area contributed by atoms with Crippen molar-refractivity contribution >= 4 is 0 Å². The number of unbranched alkanes of at least 4 members (excludes halogenated alkanes) is 1. The molecule has 0 radical (unpaired) electrons. The summed E-state index contributed by atoms with van der Waals surface area (Å²) in [4.78, 5) is 0. The summed E-state index contributed by atoms with van der Waals surface area (Å²) in [5.74, 6) is 0. The molecule has 0 aromatic heterocycles. The van der Waals surface area contributed by atoms with Crippen LogP contribution in [0, 0.1) is 0 Å². The van der Waals surface area contributed by atoms with Gasteiger partial charge in [-0.25, -0.2) is 0 Å². The zero-order valence-electron chi connectivity index (χ0n) is 8.56. The molecule has 0 fully saturated rings. The smallest absolute Gasteiger partial charge is 0.105 e. The van der Waals surface area contributed by atoms with E-state index in [9.17, 15) is 10.2 Å². The highest BCUT2D eigenvalue weighted by molar-refractivity contribution is 5.18. The summed E-state index contributed by atoms with van der Waals surface area (Å²) >= 11 is 0. The molecule has 2 atom stereocenters. The van der Waals surface area contributed by atoms with Crippen molar-refractivity contribution in [2.45, 2.75) is 38.4 Å². The third kappa shape index (κ3) is 3.13. The highest BCUT2D eigenvalue weighted by atomic mass is 16.3. The Hall–Kier alpha value is -0.860. The van der Waals surface area contributed by atoms with Crippen molar-refractivity contribution in [3.05, 3.63) is 35.9 Å². The molecule has 0 bridgehead atoms. The Labute approximate surface area is 85.2 Å². The van der Waals surface area contributed by atoms with Crippen LogP contribution in [-0.4, -0.2) is 16.3 Å². The number of benzene rings is 1. The molecule has 2 nitrogen and oxygen atoms in total. The van der Waals surface area contributed by atoms with Gasteiger partial charge in [-0.2, -0.15) is 0 Å². The fraction of sp³-hybridized carbons (Fsp3) is 0.500. The topological polar surface area (TPSA) is 40.5 Å². The van der Waals surface area contributed by atoms with Gasteiger partial charge in [0.25, 0.3) is 0 Å². The molecule has 2 unspecified atom stereocenters. The number of aliphatic hydroxyl groups is 2. The normalized spacial score (nSPS) is 15.1. The molecule has 0 aliphatic rings. The predicted octanol–water partition coefficient (Wildman–Crippen LogP) is 2.27. The van der Waals surface area contributed by atoms with E-state index in [1.165, 1.54) is 0 Å². The van der Waals surface area contributed by atoms with E-state index in [1.807, 2.05) is 30.3 Å². The van der Waals surface area contributed by atoms with Crippen LogP contribution in [0.3, 0.4) is 0 Å². The molecule has 1 aromatic carbocycles. The molecule has 0 amide bonds. The summed E-state index contributed by atoms with van der Waals surface area (Å²) < 4.78 is 0. The molecule has 0 spiro atoms. The molecule has 2 N–H and O–H groups in total. The number of rotatable bonds is 5. The zero-order chi connectivity index (χ0) is 10.4. The van der Waals surface area contributed by atoms with Crippen molar-refractivity contribution in [3.63, 3.8) is 0 Å². The van der Waals surface area contributed by atoms with Gasteiger partial charge in [0.15, 0.2) is 0 Å². The second kappa shape index (κ2) is 5.78. The molecular formula is C12H18O2. The van der Waals surface area contributed by atoms with Gasteiger partial charge in [0.1, 0.15) is 6.10 Å². The lowest BCUT2D eigenvalue weighted by Gasteiger charge is -2.17. The fourth-order valence-electron chi connectivity index (χ4n) is 1.44. The van der Waals surface area contributed by atoms with Gasteiger partial charge in [0.2, 0.25) is 0 Å². The number of hydrogen-bond acceptors (Lipinski definition) is 2. The van der Waals surface area contributed by atoms with Gasteiger partial charge in [0, 0.05) is 0 Å². The van der Waals surface area contributed by atoms with Crippen LogP contribution in [0.4, 0.5) is 0 Å². The van der Waals surface area contributed by atoms with E-state index in [0.717, 1.165) is 18.4 Å². The molecule has 14 heavy (non-hydrogen) atoms. The van der Waals surface area contributed by atoms with Gasteiger partial charge in [-0.3, -0.25) is 0 Å². The first kappa shape index (κ1) is 11.2. The average molecular weight is 194 g/mol. The van der Waals surface area contributed by atoms with Crippen LogP contribution in [0.25, 0.3) is 0 Å². The molecular weight excluding hydrogens is 176 g/mol. The van der Waals surface area contributed by atoms with Crippen LogP contribution in [-0.2, 0) is 0 Å². The maximum absolute atomic E-state index is 9.77. The van der Waals surface area contributed by atoms with Gasteiger partial charge in [-0.05, 0) is 12.0 Å². The SMILES string of the molecule is CCCCC(O)C(O)c1ccccc1. The van der Waals surface area contributed by atoms with E-state index in [1.54, 1.807) is 0 Å². The van der Waals surface area contributed by atoms with Gasteiger partial charge in [-0.1, -0.05) is 50.1 Å². The third-order valence-electron chi connectivity index (χ3n) is 2.36. The summed E-state index contributed by atoms with van der Waals surface area (Å²) in [5.41, 5.74) is 0.788. The van der Waals surface area contributed by atoms with Crippen LogP contribution in [0.2, 0.25) is 0 Å². The largest absolute Gasteiger partial charge is 0.390 e. The Morgan fingerprint density at radius 3 is 2.36 bits per heavy atom. The molecule has 0 saturated carbocycles. The maximum Gasteiger partial charge on any atom is 0.105 e. The Morgan fingerprint density at radius 1 is 1.14 bits per heavy atom. The molecule has 0 aliphatic heterocycles. The summed E-state index contributed by atoms with van der Waals surface area (Å²) in [6, 6.07) is 9.30. The van der Waals surface area contributed by atoms with Crippen molar-refractivity contribution in [1.29, 1.82) is 0 Å². The highest BCUT2D eigenvalue weighted by Gasteiger charge is 2.16. The van der Waals surface area contributed by atoms with E-state index >= 15 is 0 Å². The molecule has 2 heteroatoms. The van der Waals surface area contributed by atoms with E-state index in [4.69, 9.17) is 0 Å². The minimum Gasteiger partial charge on any atom is -0.390 e. The first-order chi connectivity index (χ1) is 6.75. The lowest BCUT2D eigenvalue weighted by Crippen LogP contribution is -2.17.